The fraction of sp³-hybridized carbons (Fsp3) is 0.167. The van der Waals surface area contributed by atoms with E-state index in [4.69, 9.17) is 0 Å². The number of sulfone groups is 1. The molecule has 0 spiro atoms. The van der Waals surface area contributed by atoms with Crippen LogP contribution in [0.1, 0.15) is 5.82 Å². The highest BCUT2D eigenvalue weighted by molar-refractivity contribution is 7.91. The number of aryl methyl sites for hydroxylation is 1. The molecule has 2 aromatic heterocycles. The van der Waals surface area contributed by atoms with Gasteiger partial charge >= 0.3 is 0 Å². The van der Waals surface area contributed by atoms with E-state index in [1.807, 2.05) is 29.9 Å². The highest BCUT2D eigenvalue weighted by Gasteiger charge is 2.15. The molecule has 2 N–H and O–H groups in total. The van der Waals surface area contributed by atoms with Crippen LogP contribution in [0, 0.1) is 5.82 Å². The third kappa shape index (κ3) is 6.40. The van der Waals surface area contributed by atoms with E-state index >= 15 is 0 Å². The van der Waals surface area contributed by atoms with Gasteiger partial charge in [-0.15, -0.1) is 12.4 Å². The molecule has 0 unspecified atom stereocenters. The van der Waals surface area contributed by atoms with Gasteiger partial charge in [0.25, 0.3) is 0 Å². The summed E-state index contributed by atoms with van der Waals surface area (Å²) in [6, 6.07) is 16.5. The number of imidazole rings is 1. The van der Waals surface area contributed by atoms with Gasteiger partial charge in [0.15, 0.2) is 9.84 Å². The van der Waals surface area contributed by atoms with E-state index in [0.717, 1.165) is 17.0 Å². The number of aromatic nitrogens is 3. The molecule has 10 heteroatoms. The Hall–Kier alpha value is -3.27. The van der Waals surface area contributed by atoms with Gasteiger partial charge in [0, 0.05) is 43.4 Å². The number of halogens is 2. The monoisotopic (exact) mass is 501 g/mol. The quantitative estimate of drug-likeness (QED) is 0.331. The first-order chi connectivity index (χ1) is 15.9. The molecular weight excluding hydrogens is 477 g/mol. The molecule has 0 fully saturated rings. The lowest BCUT2D eigenvalue weighted by molar-refractivity contribution is 0.588. The minimum absolute atomic E-state index is 0. The van der Waals surface area contributed by atoms with Crippen molar-refractivity contribution in [2.24, 2.45) is 7.05 Å². The number of hydrogen-bond acceptors (Lipinski definition) is 6. The average molecular weight is 502 g/mol. The molecule has 4 aromatic rings. The minimum atomic E-state index is -3.46. The second-order valence-corrected chi connectivity index (χ2v) is 9.65. The zero-order chi connectivity index (χ0) is 23.3. The summed E-state index contributed by atoms with van der Waals surface area (Å²) in [5.74, 6) is 1.07. The van der Waals surface area contributed by atoms with E-state index < -0.39 is 9.84 Å². The number of benzene rings is 2. The predicted octanol–water partition coefficient (Wildman–Crippen LogP) is 4.35. The summed E-state index contributed by atoms with van der Waals surface area (Å²) in [4.78, 5) is 8.81. The summed E-state index contributed by atoms with van der Waals surface area (Å²) in [7, 11) is -1.57. The number of nitrogens with one attached hydrogen (secondary N) is 2. The first-order valence-electron chi connectivity index (χ1n) is 10.4. The molecule has 0 aliphatic heterocycles. The lowest BCUT2D eigenvalue weighted by Gasteiger charge is -2.10. The average Bonchev–Trinajstić information content (AvgIpc) is 3.22. The molecule has 34 heavy (non-hydrogen) atoms. The summed E-state index contributed by atoms with van der Waals surface area (Å²) < 4.78 is 40.8. The number of rotatable bonds is 9. The zero-order valence-electron chi connectivity index (χ0n) is 18.5. The van der Waals surface area contributed by atoms with E-state index in [0.29, 0.717) is 24.6 Å². The third-order valence-corrected chi connectivity index (χ3v) is 6.85. The van der Waals surface area contributed by atoms with Crippen LogP contribution in [-0.4, -0.2) is 35.3 Å². The Morgan fingerprint density at radius 3 is 2.53 bits per heavy atom. The van der Waals surface area contributed by atoms with Crippen LogP contribution < -0.4 is 10.6 Å². The highest BCUT2D eigenvalue weighted by atomic mass is 35.5. The number of nitrogens with zero attached hydrogens (tertiary/aromatic N) is 3. The highest BCUT2D eigenvalue weighted by Crippen LogP contribution is 2.23. The predicted molar refractivity (Wildman–Crippen MR) is 134 cm³/mol. The van der Waals surface area contributed by atoms with Crippen LogP contribution >= 0.6 is 12.4 Å². The van der Waals surface area contributed by atoms with E-state index in [1.54, 1.807) is 48.8 Å². The van der Waals surface area contributed by atoms with Gasteiger partial charge in [-0.2, -0.15) is 0 Å². The van der Waals surface area contributed by atoms with Crippen LogP contribution in [-0.2, 0) is 23.4 Å². The summed E-state index contributed by atoms with van der Waals surface area (Å²) in [5, 5.41) is 6.24. The van der Waals surface area contributed by atoms with E-state index in [1.165, 1.54) is 12.1 Å². The third-order valence-electron chi connectivity index (χ3n) is 5.14. The molecule has 0 amide bonds. The first kappa shape index (κ1) is 25.4. The topological polar surface area (TPSA) is 88.9 Å². The Bertz CT molecular complexity index is 1340. The lowest BCUT2D eigenvalue weighted by atomic mass is 10.1. The fourth-order valence-electron chi connectivity index (χ4n) is 3.31. The molecule has 0 saturated heterocycles. The lowest BCUT2D eigenvalue weighted by Crippen LogP contribution is -2.24. The first-order valence-corrected chi connectivity index (χ1v) is 12.0. The smallest absolute Gasteiger partial charge is 0.179 e. The van der Waals surface area contributed by atoms with Crippen LogP contribution in [0.4, 0.5) is 15.9 Å². The van der Waals surface area contributed by atoms with Gasteiger partial charge in [-0.3, -0.25) is 0 Å². The largest absolute Gasteiger partial charge is 0.340 e. The maximum atomic E-state index is 13.4. The molecule has 4 rings (SSSR count). The van der Waals surface area contributed by atoms with Crippen LogP contribution in [0.3, 0.4) is 0 Å². The SMILES string of the molecule is Cl.Cn1ccnc1CNCCS(=O)(=O)c1cccc(Nc2ccc(-c3cccc(F)c3)cn2)c1. The minimum Gasteiger partial charge on any atom is -0.340 e. The van der Waals surface area contributed by atoms with E-state index in [-0.39, 0.29) is 28.9 Å². The molecule has 0 radical (unpaired) electrons. The molecule has 2 heterocycles. The summed E-state index contributed by atoms with van der Waals surface area (Å²) in [6.07, 6.45) is 5.19. The van der Waals surface area contributed by atoms with Crippen molar-refractivity contribution >= 4 is 33.7 Å². The Balaban J connectivity index is 0.00000324. The normalized spacial score (nSPS) is 11.1. The van der Waals surface area contributed by atoms with Crippen molar-refractivity contribution in [3.8, 4) is 11.1 Å². The summed E-state index contributed by atoms with van der Waals surface area (Å²) in [5.41, 5.74) is 2.14. The Kier molecular flexibility index (Phi) is 8.38. The molecular formula is C24H25ClFN5O2S. The maximum absolute atomic E-state index is 13.4. The van der Waals surface area contributed by atoms with Crippen molar-refractivity contribution in [1.29, 1.82) is 0 Å². The molecule has 2 aromatic carbocycles. The van der Waals surface area contributed by atoms with Gasteiger partial charge in [0.1, 0.15) is 17.5 Å². The standard InChI is InChI=1S/C24H24FN5O2S.ClH/c1-30-12-10-27-24(30)17-26-11-13-33(31,32)22-7-3-6-21(15-22)29-23-9-8-19(16-28-23)18-4-2-5-20(25)14-18;/h2-10,12,14-16,26H,11,13,17H2,1H3,(H,28,29);1H. The van der Waals surface area contributed by atoms with Gasteiger partial charge in [0.2, 0.25) is 0 Å². The van der Waals surface area contributed by atoms with Crippen molar-refractivity contribution in [3.05, 3.63) is 90.9 Å². The van der Waals surface area contributed by atoms with Crippen LogP contribution in [0.2, 0.25) is 0 Å². The van der Waals surface area contributed by atoms with Crippen molar-refractivity contribution in [3.63, 3.8) is 0 Å². The van der Waals surface area contributed by atoms with Crippen LogP contribution in [0.15, 0.2) is 84.1 Å². The number of pyridine rings is 1. The van der Waals surface area contributed by atoms with Crippen LogP contribution in [0.25, 0.3) is 11.1 Å². The molecule has 0 atom stereocenters. The Labute approximate surface area is 204 Å². The summed E-state index contributed by atoms with van der Waals surface area (Å²) in [6.45, 7) is 0.813. The van der Waals surface area contributed by atoms with Crippen LogP contribution in [0.5, 0.6) is 0 Å². The maximum Gasteiger partial charge on any atom is 0.179 e. The van der Waals surface area contributed by atoms with Gasteiger partial charge in [-0.05, 0) is 48.0 Å². The van der Waals surface area contributed by atoms with Gasteiger partial charge in [-0.25, -0.2) is 22.8 Å². The summed E-state index contributed by atoms with van der Waals surface area (Å²) >= 11 is 0. The van der Waals surface area contributed by atoms with Crippen molar-refractivity contribution < 1.29 is 12.8 Å². The van der Waals surface area contributed by atoms with Crippen molar-refractivity contribution in [1.82, 2.24) is 19.9 Å². The second kappa shape index (κ2) is 11.2. The van der Waals surface area contributed by atoms with Gasteiger partial charge in [0.05, 0.1) is 17.2 Å². The molecule has 7 nitrogen and oxygen atoms in total. The number of anilines is 2. The number of hydrogen-bond donors (Lipinski definition) is 2. The Morgan fingerprint density at radius 2 is 1.82 bits per heavy atom. The second-order valence-electron chi connectivity index (χ2n) is 7.55. The van der Waals surface area contributed by atoms with E-state index in [9.17, 15) is 12.8 Å². The molecule has 0 aliphatic rings. The van der Waals surface area contributed by atoms with Gasteiger partial charge < -0.3 is 15.2 Å². The molecule has 0 aliphatic carbocycles. The molecule has 0 saturated carbocycles. The Morgan fingerprint density at radius 1 is 1.00 bits per heavy atom. The van der Waals surface area contributed by atoms with Crippen molar-refractivity contribution in [2.75, 3.05) is 17.6 Å². The van der Waals surface area contributed by atoms with Gasteiger partial charge in [-0.1, -0.05) is 18.2 Å². The van der Waals surface area contributed by atoms with Crippen molar-refractivity contribution in [2.45, 2.75) is 11.4 Å². The van der Waals surface area contributed by atoms with E-state index in [2.05, 4.69) is 20.6 Å². The fourth-order valence-corrected chi connectivity index (χ4v) is 4.55. The zero-order valence-corrected chi connectivity index (χ0v) is 20.1. The molecule has 0 bridgehead atoms. The molecule has 178 valence electrons.